The van der Waals surface area contributed by atoms with E-state index in [4.69, 9.17) is 4.74 Å². The Kier molecular flexibility index (Phi) is 3.37. The van der Waals surface area contributed by atoms with Gasteiger partial charge in [0.15, 0.2) is 0 Å². The van der Waals surface area contributed by atoms with Crippen molar-refractivity contribution >= 4 is 5.69 Å². The molecule has 0 aliphatic heterocycles. The van der Waals surface area contributed by atoms with E-state index in [0.717, 1.165) is 5.75 Å². The fraction of sp³-hybridized carbons (Fsp3) is 0.571. The van der Waals surface area contributed by atoms with Gasteiger partial charge in [0, 0.05) is 11.7 Å². The molecule has 0 spiro atoms. The fourth-order valence-electron chi connectivity index (χ4n) is 2.54. The summed E-state index contributed by atoms with van der Waals surface area (Å²) in [5, 5.41) is 3.67. The maximum atomic E-state index is 5.27. The minimum atomic E-state index is 0.672. The number of aryl methyl sites for hydroxylation is 2. The number of methoxy groups -OCH3 is 1. The van der Waals surface area contributed by atoms with Crippen LogP contribution in [0.15, 0.2) is 12.1 Å². The summed E-state index contributed by atoms with van der Waals surface area (Å²) in [4.78, 5) is 0. The van der Waals surface area contributed by atoms with E-state index in [0.29, 0.717) is 6.04 Å². The first kappa shape index (κ1) is 11.3. The Morgan fingerprint density at radius 2 is 1.69 bits per heavy atom. The summed E-state index contributed by atoms with van der Waals surface area (Å²) in [5.41, 5.74) is 3.86. The van der Waals surface area contributed by atoms with E-state index in [2.05, 4.69) is 31.3 Å². The highest BCUT2D eigenvalue weighted by Gasteiger charge is 2.16. The summed E-state index contributed by atoms with van der Waals surface area (Å²) in [6.45, 7) is 4.29. The fourth-order valence-corrected chi connectivity index (χ4v) is 2.54. The van der Waals surface area contributed by atoms with Crippen LogP contribution in [-0.2, 0) is 0 Å². The van der Waals surface area contributed by atoms with Crippen LogP contribution in [0.3, 0.4) is 0 Å². The van der Waals surface area contributed by atoms with Crippen LogP contribution in [0.5, 0.6) is 5.75 Å². The van der Waals surface area contributed by atoms with Gasteiger partial charge >= 0.3 is 0 Å². The number of hydrogen-bond donors (Lipinski definition) is 1. The molecular formula is C14H21NO. The van der Waals surface area contributed by atoms with Crippen molar-refractivity contribution in [2.45, 2.75) is 45.6 Å². The Balaban J connectivity index is 2.19. The number of ether oxygens (including phenoxy) is 1. The Morgan fingerprint density at radius 1 is 1.12 bits per heavy atom. The molecule has 1 aromatic carbocycles. The number of anilines is 1. The van der Waals surface area contributed by atoms with Crippen LogP contribution < -0.4 is 10.1 Å². The van der Waals surface area contributed by atoms with E-state index in [1.165, 1.54) is 42.5 Å². The molecule has 2 rings (SSSR count). The van der Waals surface area contributed by atoms with Crippen molar-refractivity contribution in [3.8, 4) is 5.75 Å². The molecule has 0 unspecified atom stereocenters. The third kappa shape index (κ3) is 2.31. The normalized spacial score (nSPS) is 16.4. The first-order valence-electron chi connectivity index (χ1n) is 6.12. The third-order valence-corrected chi connectivity index (χ3v) is 3.45. The molecule has 16 heavy (non-hydrogen) atoms. The standard InChI is InChI=1S/C14H21NO/c1-10-8-13(16-3)9-11(2)14(10)15-12-6-4-5-7-12/h8-9,12,15H,4-7H2,1-3H3. The average molecular weight is 219 g/mol. The molecule has 0 atom stereocenters. The molecule has 88 valence electrons. The Morgan fingerprint density at radius 3 is 2.19 bits per heavy atom. The Labute approximate surface area is 98.0 Å². The largest absolute Gasteiger partial charge is 0.497 e. The lowest BCUT2D eigenvalue weighted by molar-refractivity contribution is 0.414. The molecule has 0 amide bonds. The van der Waals surface area contributed by atoms with E-state index in [9.17, 15) is 0 Å². The molecule has 0 saturated heterocycles. The summed E-state index contributed by atoms with van der Waals surface area (Å²) < 4.78 is 5.27. The Bertz CT molecular complexity index is 344. The van der Waals surface area contributed by atoms with Crippen molar-refractivity contribution in [3.63, 3.8) is 0 Å². The van der Waals surface area contributed by atoms with Gasteiger partial charge in [-0.15, -0.1) is 0 Å². The first-order valence-corrected chi connectivity index (χ1v) is 6.12. The van der Waals surface area contributed by atoms with E-state index in [-0.39, 0.29) is 0 Å². The summed E-state index contributed by atoms with van der Waals surface area (Å²) in [6, 6.07) is 4.87. The quantitative estimate of drug-likeness (QED) is 0.837. The molecule has 1 fully saturated rings. The van der Waals surface area contributed by atoms with Crippen molar-refractivity contribution < 1.29 is 4.74 Å². The maximum Gasteiger partial charge on any atom is 0.119 e. The van der Waals surface area contributed by atoms with Crippen molar-refractivity contribution in [2.75, 3.05) is 12.4 Å². The van der Waals surface area contributed by atoms with Gasteiger partial charge in [0.2, 0.25) is 0 Å². The van der Waals surface area contributed by atoms with Gasteiger partial charge in [-0.3, -0.25) is 0 Å². The average Bonchev–Trinajstić information content (AvgIpc) is 2.75. The predicted molar refractivity (Wildman–Crippen MR) is 68.3 cm³/mol. The highest BCUT2D eigenvalue weighted by atomic mass is 16.5. The maximum absolute atomic E-state index is 5.27. The summed E-state index contributed by atoms with van der Waals surface area (Å²) in [5.74, 6) is 0.951. The van der Waals surface area contributed by atoms with Crippen LogP contribution in [-0.4, -0.2) is 13.2 Å². The molecule has 2 heteroatoms. The summed E-state index contributed by atoms with van der Waals surface area (Å²) >= 11 is 0. The van der Waals surface area contributed by atoms with Gasteiger partial charge in [0.25, 0.3) is 0 Å². The molecular weight excluding hydrogens is 198 g/mol. The minimum Gasteiger partial charge on any atom is -0.497 e. The second kappa shape index (κ2) is 4.77. The minimum absolute atomic E-state index is 0.672. The number of nitrogens with one attached hydrogen (secondary N) is 1. The molecule has 0 bridgehead atoms. The van der Waals surface area contributed by atoms with Crippen LogP contribution in [0.4, 0.5) is 5.69 Å². The Hall–Kier alpha value is -1.18. The molecule has 1 aliphatic rings. The van der Waals surface area contributed by atoms with E-state index >= 15 is 0 Å². The lowest BCUT2D eigenvalue weighted by atomic mass is 10.1. The van der Waals surface area contributed by atoms with Gasteiger partial charge in [0.05, 0.1) is 7.11 Å². The zero-order chi connectivity index (χ0) is 11.5. The molecule has 2 nitrogen and oxygen atoms in total. The monoisotopic (exact) mass is 219 g/mol. The topological polar surface area (TPSA) is 21.3 Å². The lowest BCUT2D eigenvalue weighted by Crippen LogP contribution is -2.16. The van der Waals surface area contributed by atoms with Crippen molar-refractivity contribution in [3.05, 3.63) is 23.3 Å². The number of rotatable bonds is 3. The van der Waals surface area contributed by atoms with Crippen LogP contribution >= 0.6 is 0 Å². The SMILES string of the molecule is COc1cc(C)c(NC2CCCC2)c(C)c1. The summed E-state index contributed by atoms with van der Waals surface area (Å²) in [7, 11) is 1.72. The third-order valence-electron chi connectivity index (χ3n) is 3.45. The molecule has 1 aromatic rings. The summed E-state index contributed by atoms with van der Waals surface area (Å²) in [6.07, 6.45) is 5.35. The smallest absolute Gasteiger partial charge is 0.119 e. The van der Waals surface area contributed by atoms with E-state index in [1.807, 2.05) is 0 Å². The molecule has 1 aliphatic carbocycles. The zero-order valence-corrected chi connectivity index (χ0v) is 10.5. The van der Waals surface area contributed by atoms with E-state index in [1.54, 1.807) is 7.11 Å². The van der Waals surface area contributed by atoms with Crippen molar-refractivity contribution in [1.29, 1.82) is 0 Å². The van der Waals surface area contributed by atoms with Gasteiger partial charge in [-0.25, -0.2) is 0 Å². The van der Waals surface area contributed by atoms with Crippen LogP contribution in [0.2, 0.25) is 0 Å². The molecule has 0 radical (unpaired) electrons. The predicted octanol–water partition coefficient (Wildman–Crippen LogP) is 3.67. The first-order chi connectivity index (χ1) is 7.70. The molecule has 1 N–H and O–H groups in total. The number of hydrogen-bond acceptors (Lipinski definition) is 2. The van der Waals surface area contributed by atoms with Gasteiger partial charge in [-0.2, -0.15) is 0 Å². The zero-order valence-electron chi connectivity index (χ0n) is 10.5. The van der Waals surface area contributed by atoms with Gasteiger partial charge in [-0.1, -0.05) is 12.8 Å². The van der Waals surface area contributed by atoms with Crippen LogP contribution in [0.25, 0.3) is 0 Å². The van der Waals surface area contributed by atoms with Crippen LogP contribution in [0, 0.1) is 13.8 Å². The van der Waals surface area contributed by atoms with Gasteiger partial charge < -0.3 is 10.1 Å². The lowest BCUT2D eigenvalue weighted by Gasteiger charge is -2.19. The molecule has 0 aromatic heterocycles. The molecule has 1 saturated carbocycles. The van der Waals surface area contributed by atoms with Crippen LogP contribution in [0.1, 0.15) is 36.8 Å². The van der Waals surface area contributed by atoms with E-state index < -0.39 is 0 Å². The second-order valence-corrected chi connectivity index (χ2v) is 4.76. The highest BCUT2D eigenvalue weighted by Crippen LogP contribution is 2.29. The highest BCUT2D eigenvalue weighted by molar-refractivity contribution is 5.60. The number of benzene rings is 1. The molecule has 0 heterocycles. The van der Waals surface area contributed by atoms with Crippen molar-refractivity contribution in [1.82, 2.24) is 0 Å². The van der Waals surface area contributed by atoms with Gasteiger partial charge in [0.1, 0.15) is 5.75 Å². The van der Waals surface area contributed by atoms with Gasteiger partial charge in [-0.05, 0) is 49.9 Å². The van der Waals surface area contributed by atoms with Crippen molar-refractivity contribution in [2.24, 2.45) is 0 Å². The second-order valence-electron chi connectivity index (χ2n) is 4.76.